The van der Waals surface area contributed by atoms with Crippen molar-refractivity contribution in [1.82, 2.24) is 0 Å². The van der Waals surface area contributed by atoms with Gasteiger partial charge in [-0.3, -0.25) is 9.59 Å². The van der Waals surface area contributed by atoms with Gasteiger partial charge in [-0.15, -0.1) is 0 Å². The number of carbonyl (C=O) groups excluding carboxylic acids is 2. The number of ether oxygens (including phenoxy) is 3. The molecule has 116 valence electrons. The van der Waals surface area contributed by atoms with E-state index in [-0.39, 0.29) is 25.7 Å². The van der Waals surface area contributed by atoms with Crippen LogP contribution in [0.2, 0.25) is 0 Å². The van der Waals surface area contributed by atoms with Gasteiger partial charge in [0, 0.05) is 13.5 Å². The molecule has 6 nitrogen and oxygen atoms in total. The molecule has 0 aromatic rings. The van der Waals surface area contributed by atoms with E-state index in [0.717, 1.165) is 6.42 Å². The molecule has 1 fully saturated rings. The maximum absolute atomic E-state index is 12.0. The lowest BCUT2D eigenvalue weighted by atomic mass is 9.74. The van der Waals surface area contributed by atoms with Crippen LogP contribution in [-0.4, -0.2) is 49.1 Å². The molecule has 1 N–H and O–H groups in total. The number of hydrogen-bond donors (Lipinski definition) is 1. The van der Waals surface area contributed by atoms with E-state index in [9.17, 15) is 14.7 Å². The molecule has 1 saturated carbocycles. The minimum atomic E-state index is -1.46. The fourth-order valence-corrected chi connectivity index (χ4v) is 2.68. The van der Waals surface area contributed by atoms with Crippen molar-refractivity contribution in [2.75, 3.05) is 20.3 Å². The van der Waals surface area contributed by atoms with Crippen molar-refractivity contribution in [3.8, 4) is 0 Å². The molecule has 1 aliphatic carbocycles. The van der Waals surface area contributed by atoms with Gasteiger partial charge < -0.3 is 19.3 Å². The third-order valence-corrected chi connectivity index (χ3v) is 3.63. The summed E-state index contributed by atoms with van der Waals surface area (Å²) in [5.41, 5.74) is -1.46. The first-order valence-corrected chi connectivity index (χ1v) is 7.07. The summed E-state index contributed by atoms with van der Waals surface area (Å²) in [6.07, 6.45) is 1.91. The van der Waals surface area contributed by atoms with E-state index in [1.807, 2.05) is 0 Å². The van der Waals surface area contributed by atoms with Gasteiger partial charge in [-0.05, 0) is 33.1 Å². The molecule has 2 unspecified atom stereocenters. The fraction of sp³-hybridized carbons (Fsp3) is 0.857. The van der Waals surface area contributed by atoms with E-state index in [1.165, 1.54) is 0 Å². The van der Waals surface area contributed by atoms with E-state index in [0.29, 0.717) is 12.8 Å². The summed E-state index contributed by atoms with van der Waals surface area (Å²) in [5.74, 6) is -2.77. The van der Waals surface area contributed by atoms with E-state index < -0.39 is 23.5 Å². The highest BCUT2D eigenvalue weighted by atomic mass is 16.6. The SMILES string of the molecule is CCOC(=O)C(C(=O)OCC)C1(O)CCCC(OC)C1. The minimum absolute atomic E-state index is 0.151. The largest absolute Gasteiger partial charge is 0.465 e. The summed E-state index contributed by atoms with van der Waals surface area (Å²) >= 11 is 0. The molecule has 0 aromatic carbocycles. The number of methoxy groups -OCH3 is 1. The second-order valence-corrected chi connectivity index (χ2v) is 4.99. The molecule has 0 saturated heterocycles. The van der Waals surface area contributed by atoms with Crippen LogP contribution in [0.4, 0.5) is 0 Å². The molecule has 2 atom stereocenters. The molecular formula is C14H24O6. The Kier molecular flexibility index (Phi) is 6.42. The molecule has 0 spiro atoms. The van der Waals surface area contributed by atoms with Gasteiger partial charge >= 0.3 is 11.9 Å². The maximum atomic E-state index is 12.0. The average molecular weight is 288 g/mol. The van der Waals surface area contributed by atoms with Crippen LogP contribution in [-0.2, 0) is 23.8 Å². The van der Waals surface area contributed by atoms with Gasteiger partial charge in [0.2, 0.25) is 0 Å². The topological polar surface area (TPSA) is 82.1 Å². The lowest BCUT2D eigenvalue weighted by Crippen LogP contribution is -2.52. The predicted molar refractivity (Wildman–Crippen MR) is 71.0 cm³/mol. The number of aliphatic hydroxyl groups is 1. The lowest BCUT2D eigenvalue weighted by Gasteiger charge is -2.39. The third kappa shape index (κ3) is 3.93. The Morgan fingerprint density at radius 2 is 1.80 bits per heavy atom. The summed E-state index contributed by atoms with van der Waals surface area (Å²) in [6.45, 7) is 3.61. The zero-order valence-electron chi connectivity index (χ0n) is 12.4. The van der Waals surface area contributed by atoms with Gasteiger partial charge in [0.1, 0.15) is 0 Å². The van der Waals surface area contributed by atoms with Crippen molar-refractivity contribution in [3.05, 3.63) is 0 Å². The van der Waals surface area contributed by atoms with Gasteiger partial charge in [0.05, 0.1) is 24.9 Å². The zero-order chi connectivity index (χ0) is 15.2. The Balaban J connectivity index is 2.95. The van der Waals surface area contributed by atoms with Gasteiger partial charge in [-0.25, -0.2) is 0 Å². The number of carbonyl (C=O) groups is 2. The van der Waals surface area contributed by atoms with Crippen LogP contribution >= 0.6 is 0 Å². The molecule has 1 rings (SSSR count). The van der Waals surface area contributed by atoms with Crippen molar-refractivity contribution in [2.24, 2.45) is 5.92 Å². The second-order valence-electron chi connectivity index (χ2n) is 4.99. The summed E-state index contributed by atoms with van der Waals surface area (Å²) in [6, 6.07) is 0. The van der Waals surface area contributed by atoms with Gasteiger partial charge in [-0.1, -0.05) is 0 Å². The van der Waals surface area contributed by atoms with Crippen LogP contribution in [0.25, 0.3) is 0 Å². The van der Waals surface area contributed by atoms with Crippen LogP contribution in [0.3, 0.4) is 0 Å². The summed E-state index contributed by atoms with van der Waals surface area (Å²) in [4.78, 5) is 24.1. The Bertz CT molecular complexity index is 325. The van der Waals surface area contributed by atoms with Gasteiger partial charge in [0.15, 0.2) is 5.92 Å². The standard InChI is InChI=1S/C14H24O6/c1-4-19-12(15)11(13(16)20-5-2)14(17)8-6-7-10(9-14)18-3/h10-11,17H,4-9H2,1-3H3. The van der Waals surface area contributed by atoms with Crippen LogP contribution in [0.5, 0.6) is 0 Å². The van der Waals surface area contributed by atoms with Crippen molar-refractivity contribution in [1.29, 1.82) is 0 Å². The van der Waals surface area contributed by atoms with E-state index in [1.54, 1.807) is 21.0 Å². The molecule has 0 bridgehead atoms. The number of esters is 2. The molecule has 0 aliphatic heterocycles. The monoisotopic (exact) mass is 288 g/mol. The Morgan fingerprint density at radius 3 is 2.25 bits per heavy atom. The van der Waals surface area contributed by atoms with E-state index in [4.69, 9.17) is 14.2 Å². The van der Waals surface area contributed by atoms with Gasteiger partial charge in [-0.2, -0.15) is 0 Å². The van der Waals surface area contributed by atoms with Crippen LogP contribution < -0.4 is 0 Å². The maximum Gasteiger partial charge on any atom is 0.323 e. The van der Waals surface area contributed by atoms with Crippen LogP contribution in [0.15, 0.2) is 0 Å². The molecule has 20 heavy (non-hydrogen) atoms. The Morgan fingerprint density at radius 1 is 1.25 bits per heavy atom. The van der Waals surface area contributed by atoms with Gasteiger partial charge in [0.25, 0.3) is 0 Å². The van der Waals surface area contributed by atoms with Crippen molar-refractivity contribution in [2.45, 2.75) is 51.2 Å². The molecule has 0 radical (unpaired) electrons. The molecule has 0 aromatic heterocycles. The highest BCUT2D eigenvalue weighted by Gasteiger charge is 2.50. The predicted octanol–water partition coefficient (Wildman–Crippen LogP) is 1.05. The first-order chi connectivity index (χ1) is 9.48. The Labute approximate surface area is 119 Å². The van der Waals surface area contributed by atoms with Crippen LogP contribution in [0.1, 0.15) is 39.5 Å². The second kappa shape index (κ2) is 7.59. The quantitative estimate of drug-likeness (QED) is 0.581. The normalized spacial score (nSPS) is 26.4. The smallest absolute Gasteiger partial charge is 0.323 e. The van der Waals surface area contributed by atoms with Crippen molar-refractivity contribution in [3.63, 3.8) is 0 Å². The first-order valence-electron chi connectivity index (χ1n) is 7.07. The minimum Gasteiger partial charge on any atom is -0.465 e. The average Bonchev–Trinajstić information content (AvgIpc) is 2.39. The molecule has 1 aliphatic rings. The fourth-order valence-electron chi connectivity index (χ4n) is 2.68. The number of hydrogen-bond acceptors (Lipinski definition) is 6. The highest BCUT2D eigenvalue weighted by Crippen LogP contribution is 2.37. The summed E-state index contributed by atoms with van der Waals surface area (Å²) in [5, 5.41) is 10.7. The molecular weight excluding hydrogens is 264 g/mol. The molecule has 0 amide bonds. The molecule has 0 heterocycles. The molecule has 6 heteroatoms. The van der Waals surface area contributed by atoms with E-state index in [2.05, 4.69) is 0 Å². The van der Waals surface area contributed by atoms with Crippen LogP contribution in [0, 0.1) is 5.92 Å². The third-order valence-electron chi connectivity index (χ3n) is 3.63. The number of rotatable bonds is 6. The summed E-state index contributed by atoms with van der Waals surface area (Å²) < 4.78 is 15.1. The summed E-state index contributed by atoms with van der Waals surface area (Å²) in [7, 11) is 1.56. The van der Waals surface area contributed by atoms with Crippen molar-refractivity contribution < 1.29 is 28.9 Å². The zero-order valence-corrected chi connectivity index (χ0v) is 12.4. The van der Waals surface area contributed by atoms with E-state index >= 15 is 0 Å². The van der Waals surface area contributed by atoms with Crippen molar-refractivity contribution >= 4 is 11.9 Å². The highest BCUT2D eigenvalue weighted by molar-refractivity contribution is 5.96. The Hall–Kier alpha value is -1.14. The lowest BCUT2D eigenvalue weighted by molar-refractivity contribution is -0.181. The first kappa shape index (κ1) is 16.9.